The number of aliphatic carboxylic acids is 1. The lowest BCUT2D eigenvalue weighted by atomic mass is 9.86. The monoisotopic (exact) mass is 556 g/mol. The number of carbonyl (C=O) groups is 1. The summed E-state index contributed by atoms with van der Waals surface area (Å²) in [5, 5.41) is 18.3. The van der Waals surface area contributed by atoms with Crippen molar-refractivity contribution in [3.05, 3.63) is 81.9 Å². The summed E-state index contributed by atoms with van der Waals surface area (Å²) in [6, 6.07) is 16.3. The summed E-state index contributed by atoms with van der Waals surface area (Å²) in [6.45, 7) is 4.33. The van der Waals surface area contributed by atoms with E-state index in [1.54, 1.807) is 28.2 Å². The molecule has 2 heterocycles. The predicted octanol–water partition coefficient (Wildman–Crippen LogP) is 5.84. The van der Waals surface area contributed by atoms with Crippen LogP contribution in [0.2, 0.25) is 5.02 Å². The Morgan fingerprint density at radius 2 is 1.89 bits per heavy atom. The Hall–Kier alpha value is -3.15. The molecule has 0 aliphatic carbocycles. The van der Waals surface area contributed by atoms with E-state index in [9.17, 15) is 19.0 Å². The van der Waals surface area contributed by atoms with E-state index in [-0.39, 0.29) is 30.5 Å². The van der Waals surface area contributed by atoms with Crippen molar-refractivity contribution in [2.75, 3.05) is 6.54 Å². The fraction of sp³-hybridized carbons (Fsp3) is 0.296. The molecular weight excluding hydrogens is 528 g/mol. The first-order valence-corrected chi connectivity index (χ1v) is 14.0. The summed E-state index contributed by atoms with van der Waals surface area (Å²) in [7, 11) is -1.60. The van der Waals surface area contributed by atoms with E-state index in [4.69, 9.17) is 16.3 Å². The first-order valence-electron chi connectivity index (χ1n) is 12.1. The zero-order valence-corrected chi connectivity index (χ0v) is 22.8. The molecule has 38 heavy (non-hydrogen) atoms. The number of aryl methyl sites for hydroxylation is 2. The minimum absolute atomic E-state index is 0.107. The highest BCUT2D eigenvalue weighted by Gasteiger charge is 2.34. The summed E-state index contributed by atoms with van der Waals surface area (Å²) < 4.78 is 32.0. The maximum atomic E-state index is 11.9. The van der Waals surface area contributed by atoms with Crippen LogP contribution in [0.3, 0.4) is 0 Å². The number of carboxylic acids is 1. The van der Waals surface area contributed by atoms with Gasteiger partial charge < -0.3 is 9.84 Å². The molecule has 1 aliphatic rings. The van der Waals surface area contributed by atoms with Crippen LogP contribution in [-0.2, 0) is 18.4 Å². The minimum atomic E-state index is -3.40. The van der Waals surface area contributed by atoms with Crippen LogP contribution in [0, 0.1) is 6.92 Å². The number of ether oxygens (including phenoxy) is 1. The van der Waals surface area contributed by atoms with Crippen molar-refractivity contribution >= 4 is 39.4 Å². The van der Waals surface area contributed by atoms with Crippen molar-refractivity contribution in [1.82, 2.24) is 19.3 Å². The average Bonchev–Trinajstić information content (AvgIpc) is 3.20. The normalized spacial score (nSPS) is 18.8. The van der Waals surface area contributed by atoms with Crippen LogP contribution >= 0.6 is 22.4 Å². The van der Waals surface area contributed by atoms with Gasteiger partial charge in [-0.15, -0.1) is 15.9 Å². The average molecular weight is 557 g/mol. The molecule has 4 aromatic rings. The highest BCUT2D eigenvalue weighted by atomic mass is 35.5. The van der Waals surface area contributed by atoms with Gasteiger partial charge in [0.2, 0.25) is 0 Å². The lowest BCUT2D eigenvalue weighted by molar-refractivity contribution is -0.137. The molecule has 11 heteroatoms. The SMILES string of the molecule is Cc1ccc(C(CC(=O)O)c2ccc3c(c2)nnn3C)cc1CN1CC(C)Oc2ccc(Cl)cc2S1(O)O. The molecular formula is C27H29ClN4O5S. The zero-order valence-electron chi connectivity index (χ0n) is 21.2. The van der Waals surface area contributed by atoms with Crippen LogP contribution < -0.4 is 4.74 Å². The Morgan fingerprint density at radius 1 is 1.16 bits per heavy atom. The second kappa shape index (κ2) is 10.2. The van der Waals surface area contributed by atoms with Crippen molar-refractivity contribution in [3.63, 3.8) is 0 Å². The topological polar surface area (TPSA) is 121 Å². The van der Waals surface area contributed by atoms with Crippen molar-refractivity contribution in [2.45, 2.75) is 43.7 Å². The van der Waals surface area contributed by atoms with E-state index in [1.165, 1.54) is 6.07 Å². The van der Waals surface area contributed by atoms with E-state index in [0.717, 1.165) is 27.8 Å². The van der Waals surface area contributed by atoms with Crippen LogP contribution in [0.1, 0.15) is 41.5 Å². The van der Waals surface area contributed by atoms with E-state index >= 15 is 0 Å². The molecule has 2 unspecified atom stereocenters. The molecule has 0 fully saturated rings. The lowest BCUT2D eigenvalue weighted by Gasteiger charge is -2.42. The van der Waals surface area contributed by atoms with Crippen LogP contribution in [0.5, 0.6) is 5.75 Å². The predicted molar refractivity (Wildman–Crippen MR) is 147 cm³/mol. The van der Waals surface area contributed by atoms with Crippen molar-refractivity contribution in [1.29, 1.82) is 0 Å². The Kier molecular flexibility index (Phi) is 7.10. The number of aromatic nitrogens is 3. The number of fused-ring (bicyclic) bond motifs is 2. The first kappa shape index (κ1) is 26.5. The third-order valence-corrected chi connectivity index (χ3v) is 9.03. The summed E-state index contributed by atoms with van der Waals surface area (Å²) in [4.78, 5) is 12.1. The molecule has 0 amide bonds. The van der Waals surface area contributed by atoms with Gasteiger partial charge in [-0.1, -0.05) is 41.1 Å². The van der Waals surface area contributed by atoms with E-state index in [1.807, 2.05) is 50.2 Å². The summed E-state index contributed by atoms with van der Waals surface area (Å²) in [5.41, 5.74) is 4.99. The van der Waals surface area contributed by atoms with Gasteiger partial charge in [-0.25, -0.2) is 4.68 Å². The summed E-state index contributed by atoms with van der Waals surface area (Å²) in [5.74, 6) is -0.946. The van der Waals surface area contributed by atoms with Crippen molar-refractivity contribution in [2.24, 2.45) is 7.05 Å². The number of hydrogen-bond donors (Lipinski definition) is 3. The van der Waals surface area contributed by atoms with E-state index < -0.39 is 22.7 Å². The standard InChI is InChI=1S/C27H29ClN4O5S/c1-16-4-5-18(22(13-27(33)34)19-6-8-24-23(11-19)29-30-31(24)3)10-20(16)15-32-14-17(2)37-25-9-7-21(28)12-26(25)38(32,35)36/h4-12,17,22,35-36H,13-15H2,1-3H3,(H,33,34). The third-order valence-electron chi connectivity index (χ3n) is 6.89. The summed E-state index contributed by atoms with van der Waals surface area (Å²) >= 11 is 6.18. The van der Waals surface area contributed by atoms with Crippen molar-refractivity contribution < 1.29 is 23.7 Å². The van der Waals surface area contributed by atoms with Gasteiger partial charge in [0, 0.05) is 24.5 Å². The molecule has 0 saturated heterocycles. The molecule has 0 spiro atoms. The molecule has 1 aromatic heterocycles. The Morgan fingerprint density at radius 3 is 2.66 bits per heavy atom. The molecule has 0 saturated carbocycles. The quantitative estimate of drug-likeness (QED) is 0.271. The molecule has 200 valence electrons. The Labute approximate surface area is 227 Å². The fourth-order valence-electron chi connectivity index (χ4n) is 4.88. The van der Waals surface area contributed by atoms with E-state index in [0.29, 0.717) is 16.3 Å². The van der Waals surface area contributed by atoms with Gasteiger partial charge in [0.25, 0.3) is 0 Å². The Balaban J connectivity index is 1.52. The maximum absolute atomic E-state index is 11.9. The van der Waals surface area contributed by atoms with Gasteiger partial charge in [-0.3, -0.25) is 13.9 Å². The van der Waals surface area contributed by atoms with Crippen molar-refractivity contribution in [3.8, 4) is 5.75 Å². The molecule has 9 nitrogen and oxygen atoms in total. The highest BCUT2D eigenvalue weighted by molar-refractivity contribution is 8.22. The molecule has 2 atom stereocenters. The largest absolute Gasteiger partial charge is 0.487 e. The number of nitrogens with zero attached hydrogens (tertiary/aromatic N) is 4. The van der Waals surface area contributed by atoms with Crippen LogP contribution in [0.15, 0.2) is 59.5 Å². The molecule has 0 bridgehead atoms. The number of carboxylic acid groups (broad SMARTS) is 1. The third kappa shape index (κ3) is 5.10. The van der Waals surface area contributed by atoms with E-state index in [2.05, 4.69) is 10.3 Å². The lowest BCUT2D eigenvalue weighted by Crippen LogP contribution is -2.33. The highest BCUT2D eigenvalue weighted by Crippen LogP contribution is 2.58. The maximum Gasteiger partial charge on any atom is 0.304 e. The van der Waals surface area contributed by atoms with Gasteiger partial charge in [-0.05, 0) is 66.4 Å². The number of benzene rings is 3. The smallest absolute Gasteiger partial charge is 0.304 e. The minimum Gasteiger partial charge on any atom is -0.487 e. The zero-order chi connectivity index (χ0) is 27.2. The molecule has 3 aromatic carbocycles. The second-order valence-electron chi connectivity index (χ2n) is 9.66. The van der Waals surface area contributed by atoms with Crippen LogP contribution in [-0.4, -0.2) is 52.1 Å². The number of halogens is 1. The Bertz CT molecular complexity index is 1520. The molecule has 3 N–H and O–H groups in total. The van der Waals surface area contributed by atoms with Gasteiger partial charge in [-0.2, -0.15) is 4.31 Å². The van der Waals surface area contributed by atoms with Gasteiger partial charge in [0.1, 0.15) is 22.3 Å². The second-order valence-corrected chi connectivity index (χ2v) is 12.1. The fourth-order valence-corrected chi connectivity index (χ4v) is 6.80. The van der Waals surface area contributed by atoms with Crippen LogP contribution in [0.25, 0.3) is 11.0 Å². The molecule has 1 aliphatic heterocycles. The first-order chi connectivity index (χ1) is 18.0. The number of rotatable bonds is 6. The summed E-state index contributed by atoms with van der Waals surface area (Å²) in [6.07, 6.45) is -0.408. The van der Waals surface area contributed by atoms with Gasteiger partial charge in [0.15, 0.2) is 0 Å². The molecule has 5 rings (SSSR count). The molecule has 0 radical (unpaired) electrons. The van der Waals surface area contributed by atoms with Gasteiger partial charge >= 0.3 is 5.97 Å². The number of hydrogen-bond acceptors (Lipinski definition) is 7. The van der Waals surface area contributed by atoms with Gasteiger partial charge in [0.05, 0.1) is 18.5 Å². The van der Waals surface area contributed by atoms with Crippen LogP contribution in [0.4, 0.5) is 0 Å².